The first-order chi connectivity index (χ1) is 14.1. The molecular weight excluding hydrogens is 373 g/mol. The fraction of sp³-hybridized carbons (Fsp3) is 0.333. The van der Waals surface area contributed by atoms with Crippen LogP contribution in [0.15, 0.2) is 53.5 Å². The largest absolute Gasteiger partial charge is 0.453 e. The number of amides is 1. The van der Waals surface area contributed by atoms with E-state index in [4.69, 9.17) is 0 Å². The Morgan fingerprint density at radius 3 is 2.41 bits per heavy atom. The summed E-state index contributed by atoms with van der Waals surface area (Å²) in [6.07, 6.45) is -0.495. The molecule has 2 aromatic carbocycles. The van der Waals surface area contributed by atoms with Crippen molar-refractivity contribution in [2.75, 3.05) is 50.6 Å². The second kappa shape index (κ2) is 9.77. The SMILES string of the molecule is CN=C(NCc1ccc(NC(=O)OC)cc1)N1CCN(c2ccccc2F)CC1. The Hall–Kier alpha value is -3.29. The fourth-order valence-electron chi connectivity index (χ4n) is 3.26. The van der Waals surface area contributed by atoms with Crippen molar-refractivity contribution in [1.29, 1.82) is 0 Å². The topological polar surface area (TPSA) is 69.2 Å². The van der Waals surface area contributed by atoms with Crippen LogP contribution in [-0.4, -0.2) is 57.3 Å². The second-order valence-electron chi connectivity index (χ2n) is 6.64. The molecule has 8 heteroatoms. The lowest BCUT2D eigenvalue weighted by atomic mass is 10.2. The monoisotopic (exact) mass is 399 g/mol. The molecule has 0 spiro atoms. The molecule has 0 aliphatic carbocycles. The minimum absolute atomic E-state index is 0.186. The van der Waals surface area contributed by atoms with Gasteiger partial charge in [0.05, 0.1) is 12.8 Å². The Labute approximate surface area is 170 Å². The summed E-state index contributed by atoms with van der Waals surface area (Å²) in [5.41, 5.74) is 2.39. The Bertz CT molecular complexity index is 848. The summed E-state index contributed by atoms with van der Waals surface area (Å²) in [5, 5.41) is 5.99. The molecule has 1 aliphatic rings. The molecule has 0 bridgehead atoms. The van der Waals surface area contributed by atoms with E-state index in [1.54, 1.807) is 13.1 Å². The van der Waals surface area contributed by atoms with Crippen molar-refractivity contribution in [2.45, 2.75) is 6.54 Å². The van der Waals surface area contributed by atoms with E-state index in [2.05, 4.69) is 30.2 Å². The quantitative estimate of drug-likeness (QED) is 0.611. The maximum Gasteiger partial charge on any atom is 0.411 e. The first-order valence-electron chi connectivity index (χ1n) is 9.49. The Morgan fingerprint density at radius 1 is 1.10 bits per heavy atom. The maximum atomic E-state index is 14.0. The number of hydrogen-bond acceptors (Lipinski definition) is 4. The summed E-state index contributed by atoms with van der Waals surface area (Å²) < 4.78 is 18.6. The standard InChI is InChI=1S/C21H26FN5O2/c1-23-20(24-15-16-7-9-17(10-8-16)25-21(28)29-2)27-13-11-26(12-14-27)19-6-4-3-5-18(19)22/h3-10H,11-15H2,1-2H3,(H,23,24)(H,25,28). The zero-order chi connectivity index (χ0) is 20.6. The Balaban J connectivity index is 1.51. The number of ether oxygens (including phenoxy) is 1. The summed E-state index contributed by atoms with van der Waals surface area (Å²) in [5.74, 6) is 0.628. The lowest BCUT2D eigenvalue weighted by Gasteiger charge is -2.37. The van der Waals surface area contributed by atoms with Crippen LogP contribution < -0.4 is 15.5 Å². The highest BCUT2D eigenvalue weighted by Crippen LogP contribution is 2.20. The van der Waals surface area contributed by atoms with E-state index in [1.165, 1.54) is 13.2 Å². The van der Waals surface area contributed by atoms with E-state index in [-0.39, 0.29) is 5.82 Å². The number of anilines is 2. The molecule has 7 nitrogen and oxygen atoms in total. The molecule has 2 N–H and O–H groups in total. The zero-order valence-corrected chi connectivity index (χ0v) is 16.7. The summed E-state index contributed by atoms with van der Waals surface area (Å²) in [6.45, 7) is 3.59. The molecule has 3 rings (SSSR count). The van der Waals surface area contributed by atoms with Crippen molar-refractivity contribution in [2.24, 2.45) is 4.99 Å². The van der Waals surface area contributed by atoms with E-state index in [1.807, 2.05) is 36.4 Å². The van der Waals surface area contributed by atoms with Crippen LogP contribution in [0.25, 0.3) is 0 Å². The number of carbonyl (C=O) groups is 1. The van der Waals surface area contributed by atoms with Crippen molar-refractivity contribution in [1.82, 2.24) is 10.2 Å². The molecule has 154 valence electrons. The predicted molar refractivity (Wildman–Crippen MR) is 113 cm³/mol. The third-order valence-electron chi connectivity index (χ3n) is 4.82. The maximum absolute atomic E-state index is 14.0. The fourth-order valence-corrected chi connectivity index (χ4v) is 3.26. The number of rotatable bonds is 4. The van der Waals surface area contributed by atoms with Gasteiger partial charge in [0, 0.05) is 45.5 Å². The average Bonchev–Trinajstić information content (AvgIpc) is 2.76. The summed E-state index contributed by atoms with van der Waals surface area (Å²) >= 11 is 0. The number of nitrogens with one attached hydrogen (secondary N) is 2. The van der Waals surface area contributed by atoms with Gasteiger partial charge < -0.3 is 19.9 Å². The number of carbonyl (C=O) groups excluding carboxylic acids is 1. The molecule has 0 unspecified atom stereocenters. The van der Waals surface area contributed by atoms with E-state index in [9.17, 15) is 9.18 Å². The van der Waals surface area contributed by atoms with Crippen molar-refractivity contribution in [3.8, 4) is 0 Å². The number of piperazine rings is 1. The second-order valence-corrected chi connectivity index (χ2v) is 6.64. The zero-order valence-electron chi connectivity index (χ0n) is 16.7. The molecule has 0 radical (unpaired) electrons. The lowest BCUT2D eigenvalue weighted by molar-refractivity contribution is 0.187. The van der Waals surface area contributed by atoms with Gasteiger partial charge in [0.1, 0.15) is 5.82 Å². The Morgan fingerprint density at radius 2 is 1.79 bits per heavy atom. The van der Waals surface area contributed by atoms with Crippen molar-refractivity contribution in [3.63, 3.8) is 0 Å². The highest BCUT2D eigenvalue weighted by Gasteiger charge is 2.21. The highest BCUT2D eigenvalue weighted by molar-refractivity contribution is 5.84. The lowest BCUT2D eigenvalue weighted by Crippen LogP contribution is -2.52. The minimum atomic E-state index is -0.495. The molecular formula is C21H26FN5O2. The van der Waals surface area contributed by atoms with E-state index < -0.39 is 6.09 Å². The van der Waals surface area contributed by atoms with Crippen LogP contribution in [0.2, 0.25) is 0 Å². The third kappa shape index (κ3) is 5.37. The third-order valence-corrected chi connectivity index (χ3v) is 4.82. The number of aliphatic imine (C=N–C) groups is 1. The molecule has 0 saturated carbocycles. The smallest absolute Gasteiger partial charge is 0.411 e. The van der Waals surface area contributed by atoms with Gasteiger partial charge in [-0.25, -0.2) is 9.18 Å². The van der Waals surface area contributed by atoms with Crippen molar-refractivity contribution >= 4 is 23.4 Å². The molecule has 1 amide bonds. The van der Waals surface area contributed by atoms with Crippen LogP contribution in [0.3, 0.4) is 0 Å². The molecule has 0 aromatic heterocycles. The molecule has 1 aliphatic heterocycles. The average molecular weight is 399 g/mol. The van der Waals surface area contributed by atoms with Gasteiger partial charge in [-0.2, -0.15) is 0 Å². The number of para-hydroxylation sites is 1. The number of guanidine groups is 1. The molecule has 1 fully saturated rings. The van der Waals surface area contributed by atoms with Gasteiger partial charge in [0.15, 0.2) is 5.96 Å². The molecule has 2 aromatic rings. The first-order valence-corrected chi connectivity index (χ1v) is 9.49. The van der Waals surface area contributed by atoms with Gasteiger partial charge in [0.25, 0.3) is 0 Å². The van der Waals surface area contributed by atoms with E-state index >= 15 is 0 Å². The van der Waals surface area contributed by atoms with Crippen LogP contribution in [-0.2, 0) is 11.3 Å². The van der Waals surface area contributed by atoms with Gasteiger partial charge in [-0.1, -0.05) is 24.3 Å². The van der Waals surface area contributed by atoms with Crippen LogP contribution in [0.1, 0.15) is 5.56 Å². The predicted octanol–water partition coefficient (Wildman–Crippen LogP) is 2.90. The normalized spacial score (nSPS) is 14.5. The van der Waals surface area contributed by atoms with Crippen molar-refractivity contribution in [3.05, 3.63) is 59.9 Å². The summed E-state index contributed by atoms with van der Waals surface area (Å²) in [6, 6.07) is 14.4. The van der Waals surface area contributed by atoms with Crippen LogP contribution in [0.4, 0.5) is 20.6 Å². The highest BCUT2D eigenvalue weighted by atomic mass is 19.1. The van der Waals surface area contributed by atoms with Crippen molar-refractivity contribution < 1.29 is 13.9 Å². The van der Waals surface area contributed by atoms with Crippen LogP contribution in [0.5, 0.6) is 0 Å². The first kappa shape index (κ1) is 20.4. The van der Waals surface area contributed by atoms with Gasteiger partial charge in [-0.05, 0) is 29.8 Å². The van der Waals surface area contributed by atoms with Crippen LogP contribution >= 0.6 is 0 Å². The minimum Gasteiger partial charge on any atom is -0.453 e. The molecule has 1 heterocycles. The number of methoxy groups -OCH3 is 1. The van der Waals surface area contributed by atoms with Gasteiger partial charge in [-0.15, -0.1) is 0 Å². The van der Waals surface area contributed by atoms with E-state index in [0.29, 0.717) is 17.9 Å². The van der Waals surface area contributed by atoms with E-state index in [0.717, 1.165) is 37.7 Å². The molecule has 0 atom stereocenters. The number of nitrogens with zero attached hydrogens (tertiary/aromatic N) is 3. The Kier molecular flexibility index (Phi) is 6.89. The van der Waals surface area contributed by atoms with Crippen LogP contribution in [0, 0.1) is 5.82 Å². The molecule has 29 heavy (non-hydrogen) atoms. The number of halogens is 1. The van der Waals surface area contributed by atoms with Gasteiger partial charge in [0.2, 0.25) is 0 Å². The molecule has 1 saturated heterocycles. The number of hydrogen-bond donors (Lipinski definition) is 2. The number of benzene rings is 2. The summed E-state index contributed by atoms with van der Waals surface area (Å²) in [7, 11) is 3.09. The van der Waals surface area contributed by atoms with Gasteiger partial charge >= 0.3 is 6.09 Å². The summed E-state index contributed by atoms with van der Waals surface area (Å²) in [4.78, 5) is 19.8. The van der Waals surface area contributed by atoms with Gasteiger partial charge in [-0.3, -0.25) is 10.3 Å².